The number of aliphatic hydroxyl groups excluding tert-OH is 2. The topological polar surface area (TPSA) is 160 Å². The molecule has 3 unspecified atom stereocenters. The van der Waals surface area contributed by atoms with Gasteiger partial charge in [-0.1, -0.05) is 23.5 Å². The summed E-state index contributed by atoms with van der Waals surface area (Å²) in [5.41, 5.74) is 5.20. The molecule has 0 aliphatic carbocycles. The van der Waals surface area contributed by atoms with Crippen molar-refractivity contribution in [3.05, 3.63) is 13.3 Å². The fraction of sp³-hybridized carbons (Fsp3) is 0.765. The van der Waals surface area contributed by atoms with E-state index in [1.54, 1.807) is 0 Å². The Morgan fingerprint density at radius 1 is 1.10 bits per heavy atom. The molecule has 0 fully saturated rings. The van der Waals surface area contributed by atoms with Crippen molar-refractivity contribution in [2.75, 3.05) is 37.9 Å². The number of carboxylic acid groups (broad SMARTS) is 2. The molecule has 29 heavy (non-hydrogen) atoms. The Kier molecular flexibility index (Phi) is 29.6. The Morgan fingerprint density at radius 2 is 1.66 bits per heavy atom. The molecule has 3 atom stereocenters. The first-order valence-corrected chi connectivity index (χ1v) is 11.3. The van der Waals surface area contributed by atoms with Crippen LogP contribution in [0.15, 0.2) is 0 Å². The minimum atomic E-state index is -1.05. The van der Waals surface area contributed by atoms with E-state index in [9.17, 15) is 14.7 Å². The third-order valence-electron chi connectivity index (χ3n) is 2.89. The van der Waals surface area contributed by atoms with E-state index in [1.165, 1.54) is 21.6 Å². The molecule has 0 spiro atoms. The van der Waals surface area contributed by atoms with Crippen LogP contribution in [0.2, 0.25) is 0 Å². The van der Waals surface area contributed by atoms with Crippen LogP contribution in [0.1, 0.15) is 26.2 Å². The molecule has 0 saturated heterocycles. The van der Waals surface area contributed by atoms with Gasteiger partial charge in [0.05, 0.1) is 12.7 Å². The molecule has 0 heterocycles. The van der Waals surface area contributed by atoms with Gasteiger partial charge in [0.1, 0.15) is 6.04 Å². The first kappa shape index (κ1) is 34.4. The molecular weight excluding hydrogens is 637 g/mol. The average molecular weight is 671 g/mol. The first-order chi connectivity index (χ1) is 13.2. The van der Waals surface area contributed by atoms with Crippen molar-refractivity contribution in [2.45, 2.75) is 44.4 Å². The predicted molar refractivity (Wildman–Crippen MR) is 111 cm³/mol. The van der Waals surface area contributed by atoms with Crippen molar-refractivity contribution in [2.24, 2.45) is 5.73 Å². The maximum atomic E-state index is 10.2. The summed E-state index contributed by atoms with van der Waals surface area (Å²) in [7, 11) is 2.51. The molecule has 0 aromatic carbocycles. The fourth-order valence-electron chi connectivity index (χ4n) is 1.31. The molecule has 9 nitrogen and oxygen atoms in total. The zero-order valence-electron chi connectivity index (χ0n) is 16.8. The molecule has 0 rings (SSSR count). The van der Waals surface area contributed by atoms with Gasteiger partial charge in [0.25, 0.3) is 0 Å². The van der Waals surface area contributed by atoms with Crippen molar-refractivity contribution in [1.82, 2.24) is 0 Å². The molecule has 0 bridgehead atoms. The van der Waals surface area contributed by atoms with E-state index in [4.69, 9.17) is 30.5 Å². The van der Waals surface area contributed by atoms with Crippen LogP contribution in [0.5, 0.6) is 0 Å². The number of carbonyl (C=O) groups is 2. The van der Waals surface area contributed by atoms with Crippen LogP contribution in [-0.4, -0.2) is 88.5 Å². The molecule has 1 radical (unpaired) electrons. The molecule has 0 aromatic rings. The Morgan fingerprint density at radius 3 is 2.10 bits per heavy atom. The number of aliphatic hydroxyl groups is 2. The van der Waals surface area contributed by atoms with E-state index in [1.807, 2.05) is 6.92 Å². The summed E-state index contributed by atoms with van der Waals surface area (Å²) < 4.78 is 10.4. The third-order valence-corrected chi connectivity index (χ3v) is 5.17. The van der Waals surface area contributed by atoms with Gasteiger partial charge in [0.2, 0.25) is 0 Å². The van der Waals surface area contributed by atoms with E-state index in [0.717, 1.165) is 25.7 Å². The van der Waals surface area contributed by atoms with Crippen molar-refractivity contribution in [3.8, 4) is 0 Å². The van der Waals surface area contributed by atoms with Crippen LogP contribution in [0.25, 0.3) is 0 Å². The van der Waals surface area contributed by atoms with Crippen molar-refractivity contribution >= 4 is 33.5 Å². The number of ether oxygens (including phenoxy) is 2. The maximum absolute atomic E-state index is 10.2. The van der Waals surface area contributed by atoms with Gasteiger partial charge in [-0.05, 0) is 25.4 Å². The zero-order chi connectivity index (χ0) is 21.8. The molecule has 6 N–H and O–H groups in total. The molecule has 12 heteroatoms. The number of nitrogens with two attached hydrogens (primary N) is 1. The smallest absolute Gasteiger partial charge is 0.321 e. The number of rotatable bonds is 17. The molecule has 0 aliphatic heterocycles. The molecule has 0 saturated carbocycles. The van der Waals surface area contributed by atoms with Gasteiger partial charge in [-0.2, -0.15) is 0 Å². The fourth-order valence-corrected chi connectivity index (χ4v) is 3.22. The second-order valence-corrected chi connectivity index (χ2v) is 8.18. The van der Waals surface area contributed by atoms with Gasteiger partial charge in [-0.3, -0.25) is 16.0 Å². The SMILES string of the molecule is NC(CSSC[CH-]C(=O)O)C(=O)O.[Ac].[CH2-]C(O)COCCCCOCC(O)CC. The normalized spacial score (nSPS) is 13.3. The second kappa shape index (κ2) is 25.0. The van der Waals surface area contributed by atoms with E-state index in [-0.39, 0.29) is 62.5 Å². The summed E-state index contributed by atoms with van der Waals surface area (Å²) in [6.45, 7) is 7.28. The number of unbranched alkanes of at least 4 members (excludes halogenated alkanes) is 1. The van der Waals surface area contributed by atoms with Crippen LogP contribution < -0.4 is 5.73 Å². The van der Waals surface area contributed by atoms with E-state index in [0.29, 0.717) is 25.6 Å². The van der Waals surface area contributed by atoms with Crippen LogP contribution in [0.3, 0.4) is 0 Å². The van der Waals surface area contributed by atoms with E-state index in [2.05, 4.69) is 6.92 Å². The standard InChI is InChI=1S/C11H23O4.C6H10NO4S2.Ac/c1-3-11(13)9-15-7-5-4-6-14-8-10(2)12;7-4(6(10)11)3-13-12-2-1-5(8)9;/h10-13H,2-9H2,1H3;1,4H,2-3,7H2,(H,8,9)(H,10,11);/q2*-1;. The minimum Gasteiger partial charge on any atom is -0.503 e. The average Bonchev–Trinajstić information content (AvgIpc) is 2.63. The van der Waals surface area contributed by atoms with Crippen LogP contribution in [-0.2, 0) is 19.1 Å². The molecule has 0 aromatic heterocycles. The third kappa shape index (κ3) is 31.0. The Hall–Kier alpha value is 0.752. The molecular formula is C17H33AcNO8S2-2. The van der Waals surface area contributed by atoms with Gasteiger partial charge in [0.15, 0.2) is 5.97 Å². The summed E-state index contributed by atoms with van der Waals surface area (Å²) in [5.74, 6) is -1.41. The minimum absolute atomic E-state index is 0. The summed E-state index contributed by atoms with van der Waals surface area (Å²) in [6.07, 6.45) is 2.65. The molecule has 0 aliphatic rings. The number of hydrogen-bond donors (Lipinski definition) is 5. The monoisotopic (exact) mass is 670 g/mol. The second-order valence-electron chi connectivity index (χ2n) is 5.63. The van der Waals surface area contributed by atoms with Crippen LogP contribution in [0.4, 0.5) is 0 Å². The summed E-state index contributed by atoms with van der Waals surface area (Å²) in [5, 5.41) is 34.6. The van der Waals surface area contributed by atoms with E-state index < -0.39 is 24.1 Å². The number of hydrogen-bond acceptors (Lipinski definition) is 9. The van der Waals surface area contributed by atoms with E-state index >= 15 is 0 Å². The first-order valence-electron chi connectivity index (χ1n) is 8.84. The summed E-state index contributed by atoms with van der Waals surface area (Å²) in [4.78, 5) is 20.2. The van der Waals surface area contributed by atoms with Gasteiger partial charge >= 0.3 is 5.97 Å². The van der Waals surface area contributed by atoms with Crippen LogP contribution in [0, 0.1) is 57.4 Å². The quantitative estimate of drug-likeness (QED) is 0.0848. The molecule has 0 amide bonds. The van der Waals surface area contributed by atoms with Crippen LogP contribution >= 0.6 is 21.6 Å². The van der Waals surface area contributed by atoms with Gasteiger partial charge in [-0.15, -0.1) is 10.8 Å². The van der Waals surface area contributed by atoms with Gasteiger partial charge in [0, 0.05) is 69.6 Å². The zero-order valence-corrected chi connectivity index (χ0v) is 23.2. The number of aliphatic carboxylic acids is 2. The van der Waals surface area contributed by atoms with Crippen molar-refractivity contribution in [1.29, 1.82) is 0 Å². The van der Waals surface area contributed by atoms with Crippen molar-refractivity contribution in [3.63, 3.8) is 0 Å². The predicted octanol–water partition coefficient (Wildman–Crippen LogP) is 0.834. The largest absolute Gasteiger partial charge is 0.503 e. The molecule has 171 valence electrons. The Balaban J connectivity index is -0.000000455. The summed E-state index contributed by atoms with van der Waals surface area (Å²) in [6, 6.07) is -0.887. The summed E-state index contributed by atoms with van der Waals surface area (Å²) >= 11 is 0. The number of carboxylic acids is 2. The van der Waals surface area contributed by atoms with Crippen molar-refractivity contribution < 1.29 is 83.6 Å². The Labute approximate surface area is 216 Å². The Bertz CT molecular complexity index is 394. The van der Waals surface area contributed by atoms with Gasteiger partial charge < -0.3 is 42.6 Å². The maximum Gasteiger partial charge on any atom is 0.321 e. The van der Waals surface area contributed by atoms with Gasteiger partial charge in [-0.25, -0.2) is 0 Å².